The summed E-state index contributed by atoms with van der Waals surface area (Å²) in [4.78, 5) is 41.3. The molecule has 1 amide bonds. The van der Waals surface area contributed by atoms with Crippen molar-refractivity contribution in [3.63, 3.8) is 0 Å². The number of anilines is 1. The molecule has 0 unspecified atom stereocenters. The Bertz CT molecular complexity index is 1360. The van der Waals surface area contributed by atoms with Crippen molar-refractivity contribution in [1.29, 1.82) is 0 Å². The molecule has 4 atom stereocenters. The van der Waals surface area contributed by atoms with Crippen LogP contribution in [0.4, 0.5) is 11.4 Å². The number of ketones is 1. The molecule has 0 saturated carbocycles. The Balaban J connectivity index is 1.58. The number of carbonyl (C=O) groups excluding carboxylic acids is 2. The number of amides is 1. The molecule has 0 radical (unpaired) electrons. The Morgan fingerprint density at radius 3 is 2.51 bits per heavy atom. The zero-order valence-corrected chi connectivity index (χ0v) is 19.8. The summed E-state index contributed by atoms with van der Waals surface area (Å²) in [5.41, 5.74) is 2.89. The van der Waals surface area contributed by atoms with Gasteiger partial charge in [0, 0.05) is 52.5 Å². The summed E-state index contributed by atoms with van der Waals surface area (Å²) in [5, 5.41) is 14.3. The number of nitro benzene ring substituents is 1. The van der Waals surface area contributed by atoms with Gasteiger partial charge in [-0.1, -0.05) is 60.2 Å². The number of fused-ring (bicyclic) bond motifs is 4. The minimum Gasteiger partial charge on any atom is -0.324 e. The van der Waals surface area contributed by atoms with Crippen LogP contribution in [0.2, 0.25) is 0 Å². The van der Waals surface area contributed by atoms with Crippen LogP contribution in [0.1, 0.15) is 33.0 Å². The lowest BCUT2D eigenvalue weighted by atomic mass is 9.69. The monoisotopic (exact) mass is 485 g/mol. The lowest BCUT2D eigenvalue weighted by Gasteiger charge is -2.36. The molecule has 1 spiro atoms. The highest BCUT2D eigenvalue weighted by Gasteiger charge is 2.69. The molecular weight excluding hydrogens is 462 g/mol. The van der Waals surface area contributed by atoms with E-state index < -0.39 is 16.4 Å². The van der Waals surface area contributed by atoms with E-state index in [-0.39, 0.29) is 29.3 Å². The first-order chi connectivity index (χ1) is 16.9. The van der Waals surface area contributed by atoms with Crippen molar-refractivity contribution in [2.75, 3.05) is 16.9 Å². The average Bonchev–Trinajstić information content (AvgIpc) is 3.52. The molecule has 1 N–H and O–H groups in total. The lowest BCUT2D eigenvalue weighted by Crippen LogP contribution is -2.52. The molecule has 2 saturated heterocycles. The summed E-state index contributed by atoms with van der Waals surface area (Å²) >= 11 is 1.75. The van der Waals surface area contributed by atoms with Crippen molar-refractivity contribution in [2.24, 2.45) is 5.92 Å². The van der Waals surface area contributed by atoms with Crippen molar-refractivity contribution in [2.45, 2.75) is 24.4 Å². The smallest absolute Gasteiger partial charge is 0.269 e. The number of aryl methyl sites for hydroxylation is 1. The molecule has 35 heavy (non-hydrogen) atoms. The second-order valence-electron chi connectivity index (χ2n) is 9.39. The molecular formula is C27H23N3O4S. The molecule has 3 aromatic carbocycles. The fraction of sp³-hybridized carbons (Fsp3) is 0.259. The molecule has 3 aliphatic rings. The van der Waals surface area contributed by atoms with Crippen LogP contribution in [0.3, 0.4) is 0 Å². The third kappa shape index (κ3) is 3.10. The van der Waals surface area contributed by atoms with Gasteiger partial charge in [0.25, 0.3) is 5.69 Å². The number of thioether (sulfide) groups is 1. The van der Waals surface area contributed by atoms with E-state index in [1.165, 1.54) is 12.1 Å². The molecule has 0 aliphatic carbocycles. The van der Waals surface area contributed by atoms with Gasteiger partial charge in [-0.2, -0.15) is 0 Å². The SMILES string of the molecule is Cc1ccc(C(=O)[C@@H]2[C@@H](c3ccc([N+](=O)[O-])cc3)[C@H]3CSCN3[C@@]23C(=O)Nc2ccccc23)cc1. The summed E-state index contributed by atoms with van der Waals surface area (Å²) in [7, 11) is 0. The van der Waals surface area contributed by atoms with E-state index in [0.717, 1.165) is 28.1 Å². The summed E-state index contributed by atoms with van der Waals surface area (Å²) in [6, 6.07) is 21.5. The highest BCUT2D eigenvalue weighted by molar-refractivity contribution is 7.99. The fourth-order valence-corrected chi connectivity index (χ4v) is 7.45. The summed E-state index contributed by atoms with van der Waals surface area (Å²) in [6.07, 6.45) is 0. The van der Waals surface area contributed by atoms with Crippen molar-refractivity contribution in [3.05, 3.63) is 105 Å². The summed E-state index contributed by atoms with van der Waals surface area (Å²) < 4.78 is 0. The van der Waals surface area contributed by atoms with Crippen LogP contribution < -0.4 is 5.32 Å². The highest BCUT2D eigenvalue weighted by atomic mass is 32.2. The maximum absolute atomic E-state index is 14.3. The van der Waals surface area contributed by atoms with Crippen LogP contribution >= 0.6 is 11.8 Å². The molecule has 176 valence electrons. The largest absolute Gasteiger partial charge is 0.324 e. The van der Waals surface area contributed by atoms with E-state index >= 15 is 0 Å². The fourth-order valence-electron chi connectivity index (χ4n) is 6.12. The maximum atomic E-state index is 14.3. The van der Waals surface area contributed by atoms with E-state index in [1.54, 1.807) is 23.9 Å². The Kier molecular flexibility index (Phi) is 5.05. The molecule has 0 bridgehead atoms. The van der Waals surface area contributed by atoms with Gasteiger partial charge >= 0.3 is 0 Å². The lowest BCUT2D eigenvalue weighted by molar-refractivity contribution is -0.384. The number of non-ortho nitro benzene ring substituents is 1. The third-order valence-electron chi connectivity index (χ3n) is 7.64. The van der Waals surface area contributed by atoms with Crippen molar-refractivity contribution in [3.8, 4) is 0 Å². The van der Waals surface area contributed by atoms with Gasteiger partial charge in [-0.3, -0.25) is 24.6 Å². The summed E-state index contributed by atoms with van der Waals surface area (Å²) in [6.45, 7) is 1.97. The van der Waals surface area contributed by atoms with Gasteiger partial charge < -0.3 is 5.32 Å². The predicted octanol–water partition coefficient (Wildman–Crippen LogP) is 4.72. The molecule has 3 aromatic rings. The number of rotatable bonds is 4. The number of Topliss-reactive ketones (excluding diaryl/α,β-unsaturated/α-hetero) is 1. The molecule has 8 heteroatoms. The Morgan fingerprint density at radius 2 is 1.80 bits per heavy atom. The number of carbonyl (C=O) groups is 2. The van der Waals surface area contributed by atoms with E-state index in [9.17, 15) is 19.7 Å². The third-order valence-corrected chi connectivity index (χ3v) is 8.67. The Hall–Kier alpha value is -3.49. The van der Waals surface area contributed by atoms with Gasteiger partial charge in [0.1, 0.15) is 5.54 Å². The van der Waals surface area contributed by atoms with Gasteiger partial charge in [-0.25, -0.2) is 0 Å². The van der Waals surface area contributed by atoms with Crippen LogP contribution in [-0.4, -0.2) is 39.2 Å². The second kappa shape index (κ2) is 8.03. The van der Waals surface area contributed by atoms with E-state index in [2.05, 4.69) is 10.2 Å². The zero-order chi connectivity index (χ0) is 24.3. The Labute approximate surface area is 206 Å². The van der Waals surface area contributed by atoms with Crippen molar-refractivity contribution >= 4 is 34.8 Å². The second-order valence-corrected chi connectivity index (χ2v) is 10.4. The predicted molar refractivity (Wildman–Crippen MR) is 135 cm³/mol. The number of hydrogen-bond donors (Lipinski definition) is 1. The van der Waals surface area contributed by atoms with Crippen LogP contribution in [0.5, 0.6) is 0 Å². The van der Waals surface area contributed by atoms with Crippen LogP contribution in [0, 0.1) is 23.0 Å². The zero-order valence-electron chi connectivity index (χ0n) is 19.0. The number of hydrogen-bond acceptors (Lipinski definition) is 6. The van der Waals surface area contributed by atoms with Crippen LogP contribution in [0.15, 0.2) is 72.8 Å². The van der Waals surface area contributed by atoms with Gasteiger partial charge in [0.2, 0.25) is 5.91 Å². The van der Waals surface area contributed by atoms with Gasteiger partial charge in [-0.05, 0) is 18.6 Å². The average molecular weight is 486 g/mol. The van der Waals surface area contributed by atoms with E-state index in [4.69, 9.17) is 0 Å². The number of para-hydroxylation sites is 1. The van der Waals surface area contributed by atoms with Gasteiger partial charge in [0.15, 0.2) is 5.78 Å². The molecule has 3 aliphatic heterocycles. The molecule has 6 rings (SSSR count). The number of nitro groups is 1. The van der Waals surface area contributed by atoms with E-state index in [0.29, 0.717) is 11.4 Å². The minimum absolute atomic E-state index is 0.00415. The normalized spacial score (nSPS) is 27.0. The molecule has 0 aromatic heterocycles. The summed E-state index contributed by atoms with van der Waals surface area (Å²) in [5.74, 6) is 0.169. The topological polar surface area (TPSA) is 92.5 Å². The molecule has 3 heterocycles. The quantitative estimate of drug-likeness (QED) is 0.327. The van der Waals surface area contributed by atoms with Crippen molar-refractivity contribution in [1.82, 2.24) is 4.90 Å². The molecule has 7 nitrogen and oxygen atoms in total. The number of benzene rings is 3. The highest BCUT2D eigenvalue weighted by Crippen LogP contribution is 2.61. The van der Waals surface area contributed by atoms with Crippen LogP contribution in [0.25, 0.3) is 0 Å². The van der Waals surface area contributed by atoms with Crippen LogP contribution in [-0.2, 0) is 10.3 Å². The standard InChI is InChI=1S/C27H23N3O4S/c1-16-6-8-18(9-7-16)25(31)24-23(17-10-12-19(13-11-17)30(33)34)22-14-35-15-29(22)27(24)20-4-2-3-5-21(20)28-26(27)32/h2-13,22-24H,14-15H2,1H3,(H,28,32)/t22-,23+,24+,27-/m1/s1. The Morgan fingerprint density at radius 1 is 1.09 bits per heavy atom. The first kappa shape index (κ1) is 22.0. The minimum atomic E-state index is -1.14. The number of nitrogens with zero attached hydrogens (tertiary/aromatic N) is 2. The van der Waals surface area contributed by atoms with E-state index in [1.807, 2.05) is 55.5 Å². The van der Waals surface area contributed by atoms with Gasteiger partial charge in [0.05, 0.1) is 10.8 Å². The molecule has 2 fully saturated rings. The maximum Gasteiger partial charge on any atom is 0.269 e. The van der Waals surface area contributed by atoms with Gasteiger partial charge in [-0.15, -0.1) is 11.8 Å². The van der Waals surface area contributed by atoms with Crippen molar-refractivity contribution < 1.29 is 14.5 Å². The number of nitrogens with one attached hydrogen (secondary N) is 1. The first-order valence-electron chi connectivity index (χ1n) is 11.5. The first-order valence-corrected chi connectivity index (χ1v) is 12.7.